The first-order valence-corrected chi connectivity index (χ1v) is 3.12. The largest absolute Gasteiger partial charge is 0.479 e. The van der Waals surface area contributed by atoms with Gasteiger partial charge in [-0.05, 0) is 23.7 Å². The number of ether oxygens (including phenoxy) is 1. The van der Waals surface area contributed by atoms with E-state index in [-0.39, 0.29) is 11.6 Å². The lowest BCUT2D eigenvalue weighted by atomic mass is 10.2. The molecular formula is C7H8N2O2. The third-order valence-electron chi connectivity index (χ3n) is 1.38. The summed E-state index contributed by atoms with van der Waals surface area (Å²) in [5, 5.41) is 2.80. The van der Waals surface area contributed by atoms with Crippen LogP contribution in [-0.2, 0) is 0 Å². The van der Waals surface area contributed by atoms with Crippen molar-refractivity contribution in [3.63, 3.8) is 0 Å². The van der Waals surface area contributed by atoms with Gasteiger partial charge in [-0.3, -0.25) is 0 Å². The molecule has 0 atom stereocenters. The van der Waals surface area contributed by atoms with Crippen LogP contribution in [0.1, 0.15) is 5.56 Å². The fourth-order valence-corrected chi connectivity index (χ4v) is 0.786. The minimum absolute atomic E-state index is 0.273. The first kappa shape index (κ1) is 7.65. The topological polar surface area (TPSA) is 51.6 Å². The minimum Gasteiger partial charge on any atom is -0.479 e. The van der Waals surface area contributed by atoms with Crippen LogP contribution in [0.2, 0.25) is 0 Å². The smallest absolute Gasteiger partial charge is 0.243 e. The molecule has 0 unspecified atom stereocenters. The predicted octanol–water partition coefficient (Wildman–Crippen LogP) is 1.80. The SMILES string of the molecule is COc1nccc(C)c1N=O. The zero-order chi connectivity index (χ0) is 8.27. The Labute approximate surface area is 64.2 Å². The summed E-state index contributed by atoms with van der Waals surface area (Å²) in [7, 11) is 1.45. The van der Waals surface area contributed by atoms with E-state index < -0.39 is 0 Å². The predicted molar refractivity (Wildman–Crippen MR) is 41.0 cm³/mol. The van der Waals surface area contributed by atoms with Gasteiger partial charge in [0.05, 0.1) is 7.11 Å². The molecular weight excluding hydrogens is 144 g/mol. The van der Waals surface area contributed by atoms with Crippen LogP contribution in [0.3, 0.4) is 0 Å². The van der Waals surface area contributed by atoms with Gasteiger partial charge >= 0.3 is 0 Å². The molecule has 4 heteroatoms. The highest BCUT2D eigenvalue weighted by molar-refractivity contribution is 5.52. The van der Waals surface area contributed by atoms with Crippen LogP contribution < -0.4 is 4.74 Å². The molecule has 1 aromatic heterocycles. The summed E-state index contributed by atoms with van der Waals surface area (Å²) >= 11 is 0. The molecule has 0 radical (unpaired) electrons. The second kappa shape index (κ2) is 3.09. The highest BCUT2D eigenvalue weighted by atomic mass is 16.5. The van der Waals surface area contributed by atoms with Crippen molar-refractivity contribution in [2.24, 2.45) is 5.18 Å². The van der Waals surface area contributed by atoms with Crippen molar-refractivity contribution in [3.8, 4) is 5.88 Å². The molecule has 4 nitrogen and oxygen atoms in total. The quantitative estimate of drug-likeness (QED) is 0.607. The third-order valence-corrected chi connectivity index (χ3v) is 1.38. The molecule has 0 aromatic carbocycles. The van der Waals surface area contributed by atoms with Crippen LogP contribution in [0, 0.1) is 11.8 Å². The zero-order valence-corrected chi connectivity index (χ0v) is 6.37. The van der Waals surface area contributed by atoms with E-state index in [2.05, 4.69) is 10.2 Å². The summed E-state index contributed by atoms with van der Waals surface area (Å²) in [6, 6.07) is 1.71. The van der Waals surface area contributed by atoms with E-state index in [9.17, 15) is 4.91 Å². The number of hydrogen-bond donors (Lipinski definition) is 0. The van der Waals surface area contributed by atoms with E-state index in [1.54, 1.807) is 19.2 Å². The Morgan fingerprint density at radius 1 is 1.64 bits per heavy atom. The van der Waals surface area contributed by atoms with Gasteiger partial charge in [0, 0.05) is 6.20 Å². The minimum atomic E-state index is 0.273. The van der Waals surface area contributed by atoms with Crippen molar-refractivity contribution in [3.05, 3.63) is 22.7 Å². The van der Waals surface area contributed by atoms with Crippen LogP contribution >= 0.6 is 0 Å². The standard InChI is InChI=1S/C7H8N2O2/c1-5-3-4-8-7(11-2)6(5)9-10/h3-4H,1-2H3. The lowest BCUT2D eigenvalue weighted by Gasteiger charge is -2.01. The van der Waals surface area contributed by atoms with E-state index >= 15 is 0 Å². The lowest BCUT2D eigenvalue weighted by molar-refractivity contribution is 0.399. The van der Waals surface area contributed by atoms with Gasteiger partial charge in [0.2, 0.25) is 5.88 Å². The van der Waals surface area contributed by atoms with Crippen LogP contribution in [0.15, 0.2) is 17.4 Å². The second-order valence-corrected chi connectivity index (χ2v) is 2.08. The fourth-order valence-electron chi connectivity index (χ4n) is 0.786. The molecule has 11 heavy (non-hydrogen) atoms. The van der Waals surface area contributed by atoms with E-state index in [1.165, 1.54) is 7.11 Å². The molecule has 58 valence electrons. The van der Waals surface area contributed by atoms with Crippen molar-refractivity contribution in [2.75, 3.05) is 7.11 Å². The maximum absolute atomic E-state index is 10.2. The number of nitrogens with zero attached hydrogens (tertiary/aromatic N) is 2. The third kappa shape index (κ3) is 1.34. The van der Waals surface area contributed by atoms with Crippen molar-refractivity contribution in [1.82, 2.24) is 4.98 Å². The lowest BCUT2D eigenvalue weighted by Crippen LogP contribution is -1.88. The van der Waals surface area contributed by atoms with Crippen LogP contribution in [0.25, 0.3) is 0 Å². The Morgan fingerprint density at radius 3 is 2.82 bits per heavy atom. The van der Waals surface area contributed by atoms with Crippen molar-refractivity contribution < 1.29 is 4.74 Å². The molecule has 0 N–H and O–H groups in total. The van der Waals surface area contributed by atoms with Crippen molar-refractivity contribution in [1.29, 1.82) is 0 Å². The Balaban J connectivity index is 3.24. The van der Waals surface area contributed by atoms with Gasteiger partial charge < -0.3 is 4.74 Å². The molecule has 1 aromatic rings. The maximum Gasteiger partial charge on any atom is 0.243 e. The number of nitroso groups, excluding NO2 is 1. The molecule has 1 rings (SSSR count). The molecule has 0 spiro atoms. The average molecular weight is 152 g/mol. The Hall–Kier alpha value is -1.45. The maximum atomic E-state index is 10.2. The summed E-state index contributed by atoms with van der Waals surface area (Å²) < 4.78 is 4.81. The summed E-state index contributed by atoms with van der Waals surface area (Å²) in [4.78, 5) is 14.0. The zero-order valence-electron chi connectivity index (χ0n) is 6.37. The average Bonchev–Trinajstić information content (AvgIpc) is 2.04. The van der Waals surface area contributed by atoms with Crippen LogP contribution in [0.5, 0.6) is 5.88 Å². The molecule has 0 aliphatic carbocycles. The molecule has 0 saturated heterocycles. The molecule has 1 heterocycles. The normalized spacial score (nSPS) is 9.27. The van der Waals surface area contributed by atoms with Crippen molar-refractivity contribution in [2.45, 2.75) is 6.92 Å². The Kier molecular flexibility index (Phi) is 2.15. The summed E-state index contributed by atoms with van der Waals surface area (Å²) in [6.07, 6.45) is 1.57. The monoisotopic (exact) mass is 152 g/mol. The first-order chi connectivity index (χ1) is 5.29. The van der Waals surface area contributed by atoms with E-state index in [1.807, 2.05) is 0 Å². The van der Waals surface area contributed by atoms with Gasteiger partial charge in [-0.2, -0.15) is 0 Å². The number of pyridine rings is 1. The van der Waals surface area contributed by atoms with Crippen LogP contribution in [-0.4, -0.2) is 12.1 Å². The molecule has 0 bridgehead atoms. The number of rotatable bonds is 2. The van der Waals surface area contributed by atoms with E-state index in [4.69, 9.17) is 4.74 Å². The van der Waals surface area contributed by atoms with Gasteiger partial charge in [0.15, 0.2) is 5.69 Å². The van der Waals surface area contributed by atoms with Gasteiger partial charge in [-0.25, -0.2) is 4.98 Å². The van der Waals surface area contributed by atoms with E-state index in [0.29, 0.717) is 0 Å². The first-order valence-electron chi connectivity index (χ1n) is 3.12. The molecule has 0 amide bonds. The Morgan fingerprint density at radius 2 is 2.36 bits per heavy atom. The van der Waals surface area contributed by atoms with Crippen LogP contribution in [0.4, 0.5) is 5.69 Å². The fraction of sp³-hybridized carbons (Fsp3) is 0.286. The highest BCUT2D eigenvalue weighted by Crippen LogP contribution is 2.27. The molecule has 0 saturated carbocycles. The summed E-state index contributed by atoms with van der Waals surface area (Å²) in [5.74, 6) is 0.278. The van der Waals surface area contributed by atoms with Gasteiger partial charge in [0.1, 0.15) is 0 Å². The van der Waals surface area contributed by atoms with Gasteiger partial charge in [-0.15, -0.1) is 4.91 Å². The molecule has 0 aliphatic rings. The number of aromatic nitrogens is 1. The molecule has 0 aliphatic heterocycles. The van der Waals surface area contributed by atoms with Gasteiger partial charge in [-0.1, -0.05) is 0 Å². The number of hydrogen-bond acceptors (Lipinski definition) is 4. The number of methoxy groups -OCH3 is 1. The van der Waals surface area contributed by atoms with E-state index in [0.717, 1.165) is 5.56 Å². The van der Waals surface area contributed by atoms with Gasteiger partial charge in [0.25, 0.3) is 0 Å². The summed E-state index contributed by atoms with van der Waals surface area (Å²) in [5.41, 5.74) is 1.04. The highest BCUT2D eigenvalue weighted by Gasteiger charge is 2.06. The second-order valence-electron chi connectivity index (χ2n) is 2.08. The number of aryl methyl sites for hydroxylation is 1. The summed E-state index contributed by atoms with van der Waals surface area (Å²) in [6.45, 7) is 1.78. The van der Waals surface area contributed by atoms with Crippen molar-refractivity contribution >= 4 is 5.69 Å². The molecule has 0 fully saturated rings. The Bertz CT molecular complexity index is 273.